The van der Waals surface area contributed by atoms with Crippen LogP contribution < -0.4 is 0 Å². The molecule has 0 aliphatic carbocycles. The van der Waals surface area contributed by atoms with Crippen molar-refractivity contribution in [1.82, 2.24) is 14.5 Å². The second-order valence-electron chi connectivity index (χ2n) is 14.2. The van der Waals surface area contributed by atoms with E-state index in [4.69, 9.17) is 9.97 Å². The number of thiophene rings is 1. The minimum absolute atomic E-state index is 0.703. The Morgan fingerprint density at radius 2 is 0.839 bits per heavy atom. The molecule has 0 spiro atoms. The van der Waals surface area contributed by atoms with Crippen LogP contribution in [0.2, 0.25) is 0 Å². The fourth-order valence-electron chi connectivity index (χ4n) is 8.06. The molecule has 0 bridgehead atoms. The molecule has 262 valence electrons. The van der Waals surface area contributed by atoms with Gasteiger partial charge in [-0.05, 0) is 76.9 Å². The minimum Gasteiger partial charge on any atom is -0.309 e. The first-order valence-corrected chi connectivity index (χ1v) is 19.7. The van der Waals surface area contributed by atoms with Crippen LogP contribution in [0.3, 0.4) is 0 Å². The smallest absolute Gasteiger partial charge is 0.160 e. The number of hydrogen-bond acceptors (Lipinski definition) is 3. The predicted molar refractivity (Wildman–Crippen MR) is 236 cm³/mol. The second kappa shape index (κ2) is 13.3. The predicted octanol–water partition coefficient (Wildman–Crippen LogP) is 14.3. The summed E-state index contributed by atoms with van der Waals surface area (Å²) in [5.74, 6) is 0.703. The van der Waals surface area contributed by atoms with Crippen LogP contribution in [0.5, 0.6) is 0 Å². The van der Waals surface area contributed by atoms with Crippen molar-refractivity contribution in [3.63, 3.8) is 0 Å². The Morgan fingerprint density at radius 1 is 0.321 bits per heavy atom. The monoisotopic (exact) mass is 731 g/mol. The fraction of sp³-hybridized carbons (Fsp3) is 0. The second-order valence-corrected chi connectivity index (χ2v) is 15.3. The van der Waals surface area contributed by atoms with Crippen molar-refractivity contribution in [3.8, 4) is 61.8 Å². The summed E-state index contributed by atoms with van der Waals surface area (Å²) in [6, 6.07) is 71.5. The van der Waals surface area contributed by atoms with Crippen LogP contribution >= 0.6 is 11.3 Å². The zero-order valence-corrected chi connectivity index (χ0v) is 31.1. The number of aromatic nitrogens is 3. The largest absolute Gasteiger partial charge is 0.309 e. The van der Waals surface area contributed by atoms with E-state index in [9.17, 15) is 0 Å². The average molecular weight is 732 g/mol. The molecule has 3 aromatic heterocycles. The third-order valence-electron chi connectivity index (χ3n) is 10.8. The van der Waals surface area contributed by atoms with Gasteiger partial charge in [0, 0.05) is 53.3 Å². The Bertz CT molecular complexity index is 3180. The van der Waals surface area contributed by atoms with Crippen molar-refractivity contribution in [2.75, 3.05) is 0 Å². The van der Waals surface area contributed by atoms with E-state index in [0.717, 1.165) is 44.9 Å². The van der Waals surface area contributed by atoms with Crippen molar-refractivity contribution in [1.29, 1.82) is 0 Å². The first-order chi connectivity index (χ1) is 27.7. The first kappa shape index (κ1) is 32.3. The van der Waals surface area contributed by atoms with E-state index in [1.54, 1.807) is 0 Å². The van der Waals surface area contributed by atoms with Crippen molar-refractivity contribution >= 4 is 53.3 Å². The van der Waals surface area contributed by atoms with Gasteiger partial charge in [-0.2, -0.15) is 0 Å². The van der Waals surface area contributed by atoms with Crippen LogP contribution in [0.25, 0.3) is 104 Å². The highest BCUT2D eigenvalue weighted by molar-refractivity contribution is 7.25. The summed E-state index contributed by atoms with van der Waals surface area (Å²) in [7, 11) is 0. The zero-order chi connectivity index (χ0) is 37.0. The van der Waals surface area contributed by atoms with E-state index < -0.39 is 0 Å². The van der Waals surface area contributed by atoms with Gasteiger partial charge >= 0.3 is 0 Å². The Balaban J connectivity index is 0.951. The molecule has 56 heavy (non-hydrogen) atoms. The summed E-state index contributed by atoms with van der Waals surface area (Å²) in [5, 5.41) is 5.15. The highest BCUT2D eigenvalue weighted by Gasteiger charge is 2.15. The summed E-state index contributed by atoms with van der Waals surface area (Å²) in [4.78, 5) is 10.3. The Kier molecular flexibility index (Phi) is 7.68. The van der Waals surface area contributed by atoms with E-state index in [2.05, 4.69) is 187 Å². The lowest BCUT2D eigenvalue weighted by Gasteiger charge is -2.12. The Labute approximate surface area is 328 Å². The number of rotatable bonds is 6. The van der Waals surface area contributed by atoms with Crippen LogP contribution in [0.4, 0.5) is 0 Å². The number of para-hydroxylation sites is 2. The number of hydrogen-bond donors (Lipinski definition) is 0. The van der Waals surface area contributed by atoms with Crippen molar-refractivity contribution < 1.29 is 0 Å². The number of benzene rings is 8. The lowest BCUT2D eigenvalue weighted by Crippen LogP contribution is -1.97. The van der Waals surface area contributed by atoms with Crippen molar-refractivity contribution in [3.05, 3.63) is 200 Å². The maximum atomic E-state index is 5.14. The molecular weight excluding hydrogens is 699 g/mol. The average Bonchev–Trinajstić information content (AvgIpc) is 3.82. The molecule has 0 saturated heterocycles. The Hall–Kier alpha value is -7.14. The molecule has 0 unspecified atom stereocenters. The molecule has 3 heterocycles. The summed E-state index contributed by atoms with van der Waals surface area (Å²) in [6.45, 7) is 0. The highest BCUT2D eigenvalue weighted by Crippen LogP contribution is 2.38. The molecule has 3 nitrogen and oxygen atoms in total. The van der Waals surface area contributed by atoms with Crippen LogP contribution in [0.15, 0.2) is 200 Å². The van der Waals surface area contributed by atoms with Gasteiger partial charge in [-0.25, -0.2) is 9.97 Å². The topological polar surface area (TPSA) is 30.7 Å². The Morgan fingerprint density at radius 3 is 1.55 bits per heavy atom. The number of nitrogens with zero attached hydrogens (tertiary/aromatic N) is 3. The van der Waals surface area contributed by atoms with E-state index in [0.29, 0.717) is 5.82 Å². The molecule has 11 rings (SSSR count). The highest BCUT2D eigenvalue weighted by atomic mass is 32.1. The van der Waals surface area contributed by atoms with Crippen LogP contribution in [0.1, 0.15) is 0 Å². The van der Waals surface area contributed by atoms with Gasteiger partial charge < -0.3 is 4.57 Å². The standard InChI is InChI=1S/C52H33N3S/c1-2-11-37(12-3-1)52-53-46(36-25-28-41(29-26-36)55-48-18-7-4-15-42(48)43-16-5-8-19-49(43)55)33-47(54-52)40-14-10-13-38(31-40)34-21-23-35(24-22-34)39-27-30-51-45(32-39)44-17-6-9-20-50(44)56-51/h1-33H. The van der Waals surface area contributed by atoms with Crippen LogP contribution in [-0.4, -0.2) is 14.5 Å². The lowest BCUT2D eigenvalue weighted by atomic mass is 9.97. The van der Waals surface area contributed by atoms with Gasteiger partial charge in [0.2, 0.25) is 0 Å². The molecule has 0 radical (unpaired) electrons. The molecule has 0 saturated carbocycles. The fourth-order valence-corrected chi connectivity index (χ4v) is 9.15. The molecular formula is C52H33N3S. The molecule has 0 aliphatic heterocycles. The summed E-state index contributed by atoms with van der Waals surface area (Å²) >= 11 is 1.85. The zero-order valence-electron chi connectivity index (χ0n) is 30.3. The van der Waals surface area contributed by atoms with Gasteiger partial charge in [-0.3, -0.25) is 0 Å². The molecule has 0 N–H and O–H groups in total. The maximum Gasteiger partial charge on any atom is 0.160 e. The lowest BCUT2D eigenvalue weighted by molar-refractivity contribution is 1.17. The van der Waals surface area contributed by atoms with E-state index in [1.165, 1.54) is 53.1 Å². The van der Waals surface area contributed by atoms with Gasteiger partial charge in [0.05, 0.1) is 22.4 Å². The maximum absolute atomic E-state index is 5.14. The summed E-state index contributed by atoms with van der Waals surface area (Å²) in [6.07, 6.45) is 0. The molecule has 11 aromatic rings. The van der Waals surface area contributed by atoms with Crippen LogP contribution in [0, 0.1) is 0 Å². The van der Waals surface area contributed by atoms with Gasteiger partial charge in [0.15, 0.2) is 5.82 Å². The van der Waals surface area contributed by atoms with E-state index in [-0.39, 0.29) is 0 Å². The summed E-state index contributed by atoms with van der Waals surface area (Å²) in [5.41, 5.74) is 13.1. The first-order valence-electron chi connectivity index (χ1n) is 18.9. The van der Waals surface area contributed by atoms with E-state index in [1.807, 2.05) is 29.5 Å². The molecule has 8 aromatic carbocycles. The molecule has 4 heteroatoms. The normalized spacial score (nSPS) is 11.6. The number of fused-ring (bicyclic) bond motifs is 6. The summed E-state index contributed by atoms with van der Waals surface area (Å²) < 4.78 is 5.00. The van der Waals surface area contributed by atoms with Gasteiger partial charge in [0.1, 0.15) is 0 Å². The van der Waals surface area contributed by atoms with Gasteiger partial charge in [-0.1, -0.05) is 146 Å². The molecule has 0 amide bonds. The molecule has 0 fully saturated rings. The van der Waals surface area contributed by atoms with E-state index >= 15 is 0 Å². The van der Waals surface area contributed by atoms with Gasteiger partial charge in [-0.15, -0.1) is 11.3 Å². The van der Waals surface area contributed by atoms with Crippen molar-refractivity contribution in [2.45, 2.75) is 0 Å². The van der Waals surface area contributed by atoms with Gasteiger partial charge in [0.25, 0.3) is 0 Å². The third-order valence-corrected chi connectivity index (χ3v) is 12.0. The van der Waals surface area contributed by atoms with Crippen molar-refractivity contribution in [2.24, 2.45) is 0 Å². The molecule has 0 atom stereocenters. The quantitative estimate of drug-likeness (QED) is 0.170. The minimum atomic E-state index is 0.703. The van der Waals surface area contributed by atoms with Crippen LogP contribution in [-0.2, 0) is 0 Å². The SMILES string of the molecule is c1ccc(-c2nc(-c3ccc(-n4c5ccccc5c5ccccc54)cc3)cc(-c3cccc(-c4ccc(-c5ccc6sc7ccccc7c6c5)cc4)c3)n2)cc1. The molecule has 0 aliphatic rings. The third kappa shape index (κ3) is 5.58.